The second-order valence-electron chi connectivity index (χ2n) is 5.79. The molecule has 0 aromatic heterocycles. The maximum absolute atomic E-state index is 5.81. The van der Waals surface area contributed by atoms with Crippen LogP contribution in [0.25, 0.3) is 0 Å². The van der Waals surface area contributed by atoms with Gasteiger partial charge in [0.05, 0.1) is 12.2 Å². The van der Waals surface area contributed by atoms with Gasteiger partial charge in [0.2, 0.25) is 0 Å². The second kappa shape index (κ2) is 5.99. The van der Waals surface area contributed by atoms with E-state index in [1.54, 1.807) is 0 Å². The van der Waals surface area contributed by atoms with Gasteiger partial charge in [-0.2, -0.15) is 0 Å². The normalized spacial score (nSPS) is 26.2. The van der Waals surface area contributed by atoms with Crippen molar-refractivity contribution in [3.8, 4) is 0 Å². The first-order valence-electron chi connectivity index (χ1n) is 6.40. The average molecular weight is 229 g/mol. The highest BCUT2D eigenvalue weighted by Gasteiger charge is 2.34. The molecule has 1 aliphatic heterocycles. The van der Waals surface area contributed by atoms with Crippen molar-refractivity contribution in [1.29, 1.82) is 0 Å². The smallest absolute Gasteiger partial charge is 0.0598 e. The summed E-state index contributed by atoms with van der Waals surface area (Å²) in [5, 5.41) is 3.44. The van der Waals surface area contributed by atoms with E-state index in [0.717, 1.165) is 45.8 Å². The molecule has 1 saturated heterocycles. The van der Waals surface area contributed by atoms with E-state index in [1.807, 2.05) is 0 Å². The molecule has 3 nitrogen and oxygen atoms in total. The van der Waals surface area contributed by atoms with Crippen LogP contribution < -0.4 is 5.32 Å². The minimum Gasteiger partial charge on any atom is -0.381 e. The van der Waals surface area contributed by atoms with Crippen LogP contribution in [0, 0.1) is 5.41 Å². The van der Waals surface area contributed by atoms with Crippen molar-refractivity contribution in [2.75, 3.05) is 32.9 Å². The van der Waals surface area contributed by atoms with Gasteiger partial charge in [0.15, 0.2) is 0 Å². The fourth-order valence-electron chi connectivity index (χ4n) is 2.04. The molecule has 0 spiro atoms. The van der Waals surface area contributed by atoms with Crippen LogP contribution in [-0.4, -0.2) is 38.5 Å². The van der Waals surface area contributed by atoms with Crippen LogP contribution in [0.1, 0.15) is 40.5 Å². The SMILES string of the molecule is CCNCC1(CCOC(C)(C)C)CCOC1. The van der Waals surface area contributed by atoms with Crippen LogP contribution in [0.15, 0.2) is 0 Å². The third-order valence-electron chi connectivity index (χ3n) is 3.10. The van der Waals surface area contributed by atoms with Gasteiger partial charge in [-0.05, 0) is 40.2 Å². The van der Waals surface area contributed by atoms with Gasteiger partial charge < -0.3 is 14.8 Å². The molecule has 1 aliphatic rings. The average Bonchev–Trinajstić information content (AvgIpc) is 2.62. The predicted molar refractivity (Wildman–Crippen MR) is 66.7 cm³/mol. The molecule has 1 fully saturated rings. The van der Waals surface area contributed by atoms with Gasteiger partial charge in [0, 0.05) is 25.2 Å². The fraction of sp³-hybridized carbons (Fsp3) is 1.00. The summed E-state index contributed by atoms with van der Waals surface area (Å²) in [6.07, 6.45) is 2.25. The summed E-state index contributed by atoms with van der Waals surface area (Å²) in [5.74, 6) is 0. The van der Waals surface area contributed by atoms with Gasteiger partial charge in [-0.1, -0.05) is 6.92 Å². The molecular weight excluding hydrogens is 202 g/mol. The summed E-state index contributed by atoms with van der Waals surface area (Å²) in [7, 11) is 0. The zero-order valence-electron chi connectivity index (χ0n) is 11.3. The number of hydrogen-bond donors (Lipinski definition) is 1. The minimum absolute atomic E-state index is 0.0289. The van der Waals surface area contributed by atoms with Crippen LogP contribution in [0.2, 0.25) is 0 Å². The van der Waals surface area contributed by atoms with Crippen LogP contribution in [0.4, 0.5) is 0 Å². The first-order valence-corrected chi connectivity index (χ1v) is 6.40. The van der Waals surface area contributed by atoms with Gasteiger partial charge >= 0.3 is 0 Å². The lowest BCUT2D eigenvalue weighted by atomic mass is 9.84. The fourth-order valence-corrected chi connectivity index (χ4v) is 2.04. The third-order valence-corrected chi connectivity index (χ3v) is 3.10. The van der Waals surface area contributed by atoms with E-state index in [4.69, 9.17) is 9.47 Å². The van der Waals surface area contributed by atoms with Crippen molar-refractivity contribution in [3.05, 3.63) is 0 Å². The zero-order valence-corrected chi connectivity index (χ0v) is 11.3. The second-order valence-corrected chi connectivity index (χ2v) is 5.79. The van der Waals surface area contributed by atoms with Crippen molar-refractivity contribution in [2.45, 2.75) is 46.1 Å². The zero-order chi connectivity index (χ0) is 12.1. The molecule has 1 unspecified atom stereocenters. The minimum atomic E-state index is -0.0289. The van der Waals surface area contributed by atoms with Gasteiger partial charge in [0.1, 0.15) is 0 Å². The summed E-state index contributed by atoms with van der Waals surface area (Å²) in [5.41, 5.74) is 0.278. The Morgan fingerprint density at radius 3 is 2.62 bits per heavy atom. The van der Waals surface area contributed by atoms with Crippen LogP contribution in [0.3, 0.4) is 0 Å². The topological polar surface area (TPSA) is 30.5 Å². The van der Waals surface area contributed by atoms with Crippen LogP contribution in [-0.2, 0) is 9.47 Å². The molecule has 1 N–H and O–H groups in total. The van der Waals surface area contributed by atoms with E-state index in [1.165, 1.54) is 0 Å². The first-order chi connectivity index (χ1) is 7.47. The molecule has 0 amide bonds. The lowest BCUT2D eigenvalue weighted by molar-refractivity contribution is -0.0199. The maximum atomic E-state index is 5.81. The monoisotopic (exact) mass is 229 g/mol. The van der Waals surface area contributed by atoms with E-state index < -0.39 is 0 Å². The van der Waals surface area contributed by atoms with Crippen molar-refractivity contribution in [2.24, 2.45) is 5.41 Å². The van der Waals surface area contributed by atoms with Crippen molar-refractivity contribution in [1.82, 2.24) is 5.32 Å². The van der Waals surface area contributed by atoms with Gasteiger partial charge in [-0.25, -0.2) is 0 Å². The van der Waals surface area contributed by atoms with Gasteiger partial charge in [-0.3, -0.25) is 0 Å². The standard InChI is InChI=1S/C13H27NO2/c1-5-14-10-13(6-8-15-11-13)7-9-16-12(2,3)4/h14H,5-11H2,1-4H3. The Kier molecular flexibility index (Phi) is 5.22. The molecule has 0 saturated carbocycles. The number of nitrogens with one attached hydrogen (secondary N) is 1. The molecule has 0 aliphatic carbocycles. The Hall–Kier alpha value is -0.120. The molecule has 1 heterocycles. The van der Waals surface area contributed by atoms with Crippen molar-refractivity contribution >= 4 is 0 Å². The Morgan fingerprint density at radius 1 is 1.38 bits per heavy atom. The summed E-state index contributed by atoms with van der Waals surface area (Å²) >= 11 is 0. The molecule has 1 atom stereocenters. The molecule has 0 aromatic carbocycles. The lowest BCUT2D eigenvalue weighted by Crippen LogP contribution is -2.36. The van der Waals surface area contributed by atoms with E-state index in [-0.39, 0.29) is 5.60 Å². The molecule has 0 bridgehead atoms. The highest BCUT2D eigenvalue weighted by atomic mass is 16.5. The van der Waals surface area contributed by atoms with Gasteiger partial charge in [-0.15, -0.1) is 0 Å². The largest absolute Gasteiger partial charge is 0.381 e. The van der Waals surface area contributed by atoms with Gasteiger partial charge in [0.25, 0.3) is 0 Å². The maximum Gasteiger partial charge on any atom is 0.0598 e. The summed E-state index contributed by atoms with van der Waals surface area (Å²) in [4.78, 5) is 0. The molecule has 16 heavy (non-hydrogen) atoms. The summed E-state index contributed by atoms with van der Waals surface area (Å²) in [6, 6.07) is 0. The highest BCUT2D eigenvalue weighted by molar-refractivity contribution is 4.85. The van der Waals surface area contributed by atoms with Crippen LogP contribution in [0.5, 0.6) is 0 Å². The number of rotatable bonds is 6. The number of hydrogen-bond acceptors (Lipinski definition) is 3. The van der Waals surface area contributed by atoms with Crippen molar-refractivity contribution in [3.63, 3.8) is 0 Å². The number of ether oxygens (including phenoxy) is 2. The molecule has 0 aromatic rings. The molecule has 1 rings (SSSR count). The first kappa shape index (κ1) is 13.9. The van der Waals surface area contributed by atoms with Crippen molar-refractivity contribution < 1.29 is 9.47 Å². The quantitative estimate of drug-likeness (QED) is 0.757. The molecule has 3 heteroatoms. The molecular formula is C13H27NO2. The Bertz CT molecular complexity index is 193. The Balaban J connectivity index is 2.33. The van der Waals surface area contributed by atoms with E-state index in [0.29, 0.717) is 5.41 Å². The third kappa shape index (κ3) is 4.81. The van der Waals surface area contributed by atoms with Crippen LogP contribution >= 0.6 is 0 Å². The van der Waals surface area contributed by atoms with E-state index in [9.17, 15) is 0 Å². The predicted octanol–water partition coefficient (Wildman–Crippen LogP) is 2.21. The highest BCUT2D eigenvalue weighted by Crippen LogP contribution is 2.32. The Morgan fingerprint density at radius 2 is 2.12 bits per heavy atom. The van der Waals surface area contributed by atoms with E-state index in [2.05, 4.69) is 33.0 Å². The summed E-state index contributed by atoms with van der Waals surface area (Å²) < 4.78 is 11.4. The van der Waals surface area contributed by atoms with E-state index >= 15 is 0 Å². The Labute approximate surface area is 99.9 Å². The summed E-state index contributed by atoms with van der Waals surface area (Å²) in [6.45, 7) is 13.2. The molecule has 0 radical (unpaired) electrons. The molecule has 96 valence electrons. The lowest BCUT2D eigenvalue weighted by Gasteiger charge is -2.29.